The van der Waals surface area contributed by atoms with Gasteiger partial charge in [-0.1, -0.05) is 25.1 Å². The van der Waals surface area contributed by atoms with E-state index < -0.39 is 0 Å². The number of imidazole rings is 1. The highest BCUT2D eigenvalue weighted by atomic mass is 16.3. The highest BCUT2D eigenvalue weighted by Crippen LogP contribution is 2.22. The number of nitrogens with one attached hydrogen (secondary N) is 1. The van der Waals surface area contributed by atoms with E-state index in [2.05, 4.69) is 14.9 Å². The van der Waals surface area contributed by atoms with Crippen LogP contribution in [0, 0.1) is 6.92 Å². The topological polar surface area (TPSA) is 67.2 Å². The van der Waals surface area contributed by atoms with Crippen molar-refractivity contribution in [1.82, 2.24) is 14.9 Å². The maximum Gasteiger partial charge on any atom is 0.251 e. The lowest BCUT2D eigenvalue weighted by molar-refractivity contribution is 0.0915. The van der Waals surface area contributed by atoms with Crippen LogP contribution in [0.5, 0.6) is 0 Å². The third-order valence-electron chi connectivity index (χ3n) is 4.15. The average molecular weight is 323 g/mol. The van der Waals surface area contributed by atoms with Gasteiger partial charge in [-0.25, -0.2) is 4.98 Å². The molecule has 24 heavy (non-hydrogen) atoms. The van der Waals surface area contributed by atoms with E-state index in [1.165, 1.54) is 0 Å². The summed E-state index contributed by atoms with van der Waals surface area (Å²) in [6.07, 6.45) is 0.687. The van der Waals surface area contributed by atoms with Gasteiger partial charge in [0, 0.05) is 11.3 Å². The third-order valence-corrected chi connectivity index (χ3v) is 4.15. The number of carbonyl (C=O) groups excluding carboxylic acids is 1. The Morgan fingerprint density at radius 3 is 2.67 bits per heavy atom. The molecule has 2 N–H and O–H groups in total. The van der Waals surface area contributed by atoms with Crippen LogP contribution in [0.1, 0.15) is 29.5 Å². The van der Waals surface area contributed by atoms with Gasteiger partial charge in [0.1, 0.15) is 5.82 Å². The molecule has 0 aliphatic rings. The van der Waals surface area contributed by atoms with Crippen LogP contribution in [-0.4, -0.2) is 33.2 Å². The molecule has 2 aromatic carbocycles. The number of aliphatic hydroxyl groups is 1. The zero-order valence-corrected chi connectivity index (χ0v) is 13.9. The van der Waals surface area contributed by atoms with E-state index in [1.54, 1.807) is 12.1 Å². The number of hydrogen-bond acceptors (Lipinski definition) is 3. The first-order chi connectivity index (χ1) is 11.6. The van der Waals surface area contributed by atoms with Crippen molar-refractivity contribution in [2.75, 3.05) is 6.61 Å². The molecule has 1 aromatic heterocycles. The number of benzene rings is 2. The van der Waals surface area contributed by atoms with Crippen LogP contribution in [0.2, 0.25) is 0 Å². The lowest BCUT2D eigenvalue weighted by Gasteiger charge is -2.14. The van der Waals surface area contributed by atoms with E-state index in [-0.39, 0.29) is 18.6 Å². The van der Waals surface area contributed by atoms with Crippen molar-refractivity contribution >= 4 is 16.9 Å². The van der Waals surface area contributed by atoms with E-state index in [1.807, 2.05) is 50.2 Å². The standard InChI is InChI=1S/C19H21N3O2/c1-3-15(12-23)21-19(24)14-9-10-18-17(11-14)20-13(2)22(18)16-7-5-4-6-8-16/h4-11,15,23H,3,12H2,1-2H3,(H,21,24). The van der Waals surface area contributed by atoms with Gasteiger partial charge in [0.2, 0.25) is 0 Å². The maximum absolute atomic E-state index is 12.3. The second-order valence-corrected chi connectivity index (χ2v) is 5.79. The molecule has 0 aliphatic carbocycles. The van der Waals surface area contributed by atoms with Gasteiger partial charge >= 0.3 is 0 Å². The van der Waals surface area contributed by atoms with Crippen molar-refractivity contribution in [3.8, 4) is 5.69 Å². The van der Waals surface area contributed by atoms with Gasteiger partial charge in [0.25, 0.3) is 5.91 Å². The molecule has 124 valence electrons. The molecule has 5 nitrogen and oxygen atoms in total. The molecule has 0 radical (unpaired) electrons. The van der Waals surface area contributed by atoms with Crippen molar-refractivity contribution in [3.63, 3.8) is 0 Å². The van der Waals surface area contributed by atoms with Crippen molar-refractivity contribution in [2.45, 2.75) is 26.3 Å². The highest BCUT2D eigenvalue weighted by Gasteiger charge is 2.14. The summed E-state index contributed by atoms with van der Waals surface area (Å²) in [5, 5.41) is 12.1. The molecule has 0 saturated carbocycles. The Kier molecular flexibility index (Phi) is 4.62. The Morgan fingerprint density at radius 2 is 2.00 bits per heavy atom. The maximum atomic E-state index is 12.3. The van der Waals surface area contributed by atoms with Crippen molar-refractivity contribution in [2.24, 2.45) is 0 Å². The molecule has 0 bridgehead atoms. The molecular weight excluding hydrogens is 302 g/mol. The number of hydrogen-bond donors (Lipinski definition) is 2. The minimum absolute atomic E-state index is 0.0633. The Balaban J connectivity index is 1.97. The first-order valence-electron chi connectivity index (χ1n) is 8.10. The van der Waals surface area contributed by atoms with E-state index in [0.29, 0.717) is 12.0 Å². The second kappa shape index (κ2) is 6.84. The number of carbonyl (C=O) groups is 1. The molecule has 1 atom stereocenters. The van der Waals surface area contributed by atoms with Gasteiger partial charge < -0.3 is 10.4 Å². The van der Waals surface area contributed by atoms with Gasteiger partial charge in [0.15, 0.2) is 0 Å². The van der Waals surface area contributed by atoms with Crippen LogP contribution in [0.15, 0.2) is 48.5 Å². The SMILES string of the molecule is CCC(CO)NC(=O)c1ccc2c(c1)nc(C)n2-c1ccccc1. The van der Waals surface area contributed by atoms with Crippen molar-refractivity contribution in [1.29, 1.82) is 0 Å². The molecular formula is C19H21N3O2. The first kappa shape index (κ1) is 16.2. The lowest BCUT2D eigenvalue weighted by Crippen LogP contribution is -2.36. The van der Waals surface area contributed by atoms with Crippen LogP contribution >= 0.6 is 0 Å². The average Bonchev–Trinajstić information content (AvgIpc) is 2.95. The van der Waals surface area contributed by atoms with Crippen LogP contribution < -0.4 is 5.32 Å². The van der Waals surface area contributed by atoms with E-state index in [4.69, 9.17) is 0 Å². The predicted octanol–water partition coefficient (Wildman–Crippen LogP) is 2.83. The summed E-state index contributed by atoms with van der Waals surface area (Å²) >= 11 is 0. The second-order valence-electron chi connectivity index (χ2n) is 5.79. The fraction of sp³-hybridized carbons (Fsp3) is 0.263. The summed E-state index contributed by atoms with van der Waals surface area (Å²) < 4.78 is 2.07. The van der Waals surface area contributed by atoms with Crippen molar-refractivity contribution < 1.29 is 9.90 Å². The predicted molar refractivity (Wildman–Crippen MR) is 94.4 cm³/mol. The van der Waals surface area contributed by atoms with Gasteiger partial charge in [-0.05, 0) is 43.7 Å². The molecule has 0 saturated heterocycles. The Labute approximate surface area is 141 Å². The molecule has 0 spiro atoms. The minimum Gasteiger partial charge on any atom is -0.394 e. The normalized spacial score (nSPS) is 12.3. The number of para-hydroxylation sites is 1. The number of aryl methyl sites for hydroxylation is 1. The smallest absolute Gasteiger partial charge is 0.251 e. The summed E-state index contributed by atoms with van der Waals surface area (Å²) in [5.41, 5.74) is 3.33. The summed E-state index contributed by atoms with van der Waals surface area (Å²) in [4.78, 5) is 16.9. The quantitative estimate of drug-likeness (QED) is 0.759. The highest BCUT2D eigenvalue weighted by molar-refractivity contribution is 5.97. The first-order valence-corrected chi connectivity index (χ1v) is 8.10. The largest absolute Gasteiger partial charge is 0.394 e. The molecule has 5 heteroatoms. The summed E-state index contributed by atoms with van der Waals surface area (Å²) in [6.45, 7) is 3.81. The number of aliphatic hydroxyl groups excluding tert-OH is 1. The van der Waals surface area contributed by atoms with E-state index in [0.717, 1.165) is 22.5 Å². The zero-order valence-electron chi connectivity index (χ0n) is 13.9. The van der Waals surface area contributed by atoms with Gasteiger partial charge in [0.05, 0.1) is 23.7 Å². The Bertz CT molecular complexity index is 852. The number of rotatable bonds is 5. The van der Waals surface area contributed by atoms with Crippen LogP contribution in [-0.2, 0) is 0 Å². The molecule has 3 rings (SSSR count). The molecule has 0 fully saturated rings. The summed E-state index contributed by atoms with van der Waals surface area (Å²) in [6, 6.07) is 15.3. The van der Waals surface area contributed by atoms with Crippen molar-refractivity contribution in [3.05, 3.63) is 59.9 Å². The lowest BCUT2D eigenvalue weighted by atomic mass is 10.1. The third kappa shape index (κ3) is 3.03. The number of aromatic nitrogens is 2. The molecule has 1 amide bonds. The fourth-order valence-electron chi connectivity index (χ4n) is 2.79. The fourth-order valence-corrected chi connectivity index (χ4v) is 2.79. The van der Waals surface area contributed by atoms with Gasteiger partial charge in [-0.2, -0.15) is 0 Å². The molecule has 1 heterocycles. The van der Waals surface area contributed by atoms with Crippen LogP contribution in [0.25, 0.3) is 16.7 Å². The molecule has 3 aromatic rings. The summed E-state index contributed by atoms with van der Waals surface area (Å²) in [5.74, 6) is 0.681. The van der Waals surface area contributed by atoms with Crippen LogP contribution in [0.3, 0.4) is 0 Å². The van der Waals surface area contributed by atoms with E-state index >= 15 is 0 Å². The summed E-state index contributed by atoms with van der Waals surface area (Å²) in [7, 11) is 0. The zero-order chi connectivity index (χ0) is 17.1. The Hall–Kier alpha value is -2.66. The molecule has 0 aliphatic heterocycles. The number of nitrogens with zero attached hydrogens (tertiary/aromatic N) is 2. The van der Waals surface area contributed by atoms with Gasteiger partial charge in [-0.3, -0.25) is 9.36 Å². The van der Waals surface area contributed by atoms with Gasteiger partial charge in [-0.15, -0.1) is 0 Å². The van der Waals surface area contributed by atoms with Crippen LogP contribution in [0.4, 0.5) is 0 Å². The Morgan fingerprint density at radius 1 is 1.25 bits per heavy atom. The minimum atomic E-state index is -0.225. The number of fused-ring (bicyclic) bond motifs is 1. The molecule has 1 unspecified atom stereocenters. The monoisotopic (exact) mass is 323 g/mol. The number of amides is 1. The van der Waals surface area contributed by atoms with E-state index in [9.17, 15) is 9.90 Å².